The fraction of sp³-hybridized carbons (Fsp3) is 0.824. The molecule has 1 saturated carbocycles. The van der Waals surface area contributed by atoms with E-state index in [1.165, 1.54) is 0 Å². The number of esters is 1. The van der Waals surface area contributed by atoms with E-state index in [1.54, 1.807) is 0 Å². The van der Waals surface area contributed by atoms with Crippen LogP contribution in [0.4, 0.5) is 0 Å². The number of rotatable bonds is 4. The van der Waals surface area contributed by atoms with E-state index in [2.05, 4.69) is 4.74 Å². The van der Waals surface area contributed by atoms with Crippen LogP contribution < -0.4 is 0 Å². The number of carbonyl (C=O) groups excluding carboxylic acids is 1. The van der Waals surface area contributed by atoms with E-state index in [4.69, 9.17) is 14.2 Å². The third-order valence-electron chi connectivity index (χ3n) is 6.00. The number of carbonyl (C=O) groups is 1. The lowest BCUT2D eigenvalue weighted by molar-refractivity contribution is -0.352. The highest BCUT2D eigenvalue weighted by atomic mass is 16.8. The van der Waals surface area contributed by atoms with Gasteiger partial charge in [-0.2, -0.15) is 0 Å². The third kappa shape index (κ3) is 3.22. The molecule has 3 rings (SSSR count). The Balaban J connectivity index is 1.96. The number of hydrogen-bond donors (Lipinski definition) is 8. The van der Waals surface area contributed by atoms with Gasteiger partial charge < -0.3 is 59.8 Å². The summed E-state index contributed by atoms with van der Waals surface area (Å²) in [6.45, 7) is 0.335. The largest absolute Gasteiger partial charge is 0.471 e. The SMILES string of the molecule is COC(=O)C1=CO[C@@H](O[C@@H]2O[C@H](CO)[C@@H](O)[C@H](O)[C@H]2O)[C@@H]2[C@@](C)(O)[C@@H](O)[C@@H](O)[C@]12O. The lowest BCUT2D eigenvalue weighted by atomic mass is 9.76. The monoisotopic (exact) mass is 438 g/mol. The minimum Gasteiger partial charge on any atom is -0.471 e. The molecule has 0 aromatic rings. The molecule has 0 radical (unpaired) electrons. The molecule has 2 heterocycles. The first-order chi connectivity index (χ1) is 13.9. The molecule has 2 aliphatic heterocycles. The predicted octanol–water partition coefficient (Wildman–Crippen LogP) is -4.95. The Hall–Kier alpha value is -1.39. The maximum atomic E-state index is 12.1. The first kappa shape index (κ1) is 23.3. The second-order valence-electron chi connectivity index (χ2n) is 7.78. The summed E-state index contributed by atoms with van der Waals surface area (Å²) >= 11 is 0. The average Bonchev–Trinajstić information content (AvgIpc) is 2.85. The summed E-state index contributed by atoms with van der Waals surface area (Å²) in [7, 11) is 1.01. The molecule has 3 aliphatic rings. The highest BCUT2D eigenvalue weighted by Gasteiger charge is 2.72. The van der Waals surface area contributed by atoms with Gasteiger partial charge in [0.05, 0.1) is 19.6 Å². The van der Waals surface area contributed by atoms with Gasteiger partial charge in [-0.25, -0.2) is 4.79 Å². The van der Waals surface area contributed by atoms with Crippen molar-refractivity contribution in [3.63, 3.8) is 0 Å². The van der Waals surface area contributed by atoms with Crippen molar-refractivity contribution >= 4 is 5.97 Å². The van der Waals surface area contributed by atoms with Crippen LogP contribution in [0.1, 0.15) is 6.92 Å². The molecule has 30 heavy (non-hydrogen) atoms. The zero-order chi connectivity index (χ0) is 22.6. The number of hydrogen-bond acceptors (Lipinski definition) is 13. The maximum absolute atomic E-state index is 12.1. The van der Waals surface area contributed by atoms with Crippen LogP contribution in [-0.2, 0) is 23.7 Å². The molecule has 172 valence electrons. The molecular formula is C17H26O13. The van der Waals surface area contributed by atoms with Gasteiger partial charge in [-0.05, 0) is 6.92 Å². The molecule has 0 spiro atoms. The van der Waals surface area contributed by atoms with Gasteiger partial charge in [-0.3, -0.25) is 0 Å². The van der Waals surface area contributed by atoms with Crippen LogP contribution in [-0.4, -0.2) is 121 Å². The van der Waals surface area contributed by atoms with Gasteiger partial charge in [0.15, 0.2) is 6.29 Å². The van der Waals surface area contributed by atoms with Gasteiger partial charge in [0.25, 0.3) is 0 Å². The molecule has 2 fully saturated rings. The van der Waals surface area contributed by atoms with Crippen LogP contribution in [0.5, 0.6) is 0 Å². The molecule has 0 unspecified atom stereocenters. The molecular weight excluding hydrogens is 412 g/mol. The van der Waals surface area contributed by atoms with Gasteiger partial charge in [-0.1, -0.05) is 0 Å². The van der Waals surface area contributed by atoms with Gasteiger partial charge in [-0.15, -0.1) is 0 Å². The van der Waals surface area contributed by atoms with Crippen molar-refractivity contribution in [1.82, 2.24) is 0 Å². The molecule has 8 N–H and O–H groups in total. The van der Waals surface area contributed by atoms with E-state index in [1.807, 2.05) is 0 Å². The smallest absolute Gasteiger partial charge is 0.339 e. The topological polar surface area (TPSA) is 216 Å². The van der Waals surface area contributed by atoms with E-state index < -0.39 is 84.5 Å². The fourth-order valence-electron chi connectivity index (χ4n) is 4.24. The van der Waals surface area contributed by atoms with Crippen LogP contribution in [0, 0.1) is 5.92 Å². The van der Waals surface area contributed by atoms with E-state index in [-0.39, 0.29) is 0 Å². The zero-order valence-electron chi connectivity index (χ0n) is 16.1. The quantitative estimate of drug-likeness (QED) is 0.193. The van der Waals surface area contributed by atoms with Crippen molar-refractivity contribution in [2.75, 3.05) is 13.7 Å². The van der Waals surface area contributed by atoms with E-state index in [0.717, 1.165) is 14.0 Å². The second-order valence-corrected chi connectivity index (χ2v) is 7.78. The summed E-state index contributed by atoms with van der Waals surface area (Å²) in [5.74, 6) is -2.79. The highest BCUT2D eigenvalue weighted by molar-refractivity contribution is 5.91. The Morgan fingerprint density at radius 3 is 2.27 bits per heavy atom. The molecule has 0 aromatic heterocycles. The van der Waals surface area contributed by atoms with Crippen LogP contribution in [0.15, 0.2) is 11.8 Å². The standard InChI is InChI=1S/C17H26O13/c1-16(25)10-15(30-14-9(21)8(20)7(19)6(3-18)29-14)28-4-5(13(24)27-2)17(10,26)12(23)11(16)22/h4,6-12,14-15,18-23,25-26H,3H2,1-2H3/t6-,7-,8+,9-,10-,11+,12-,14+,15+,16-,17+/m1/s1. The van der Waals surface area contributed by atoms with E-state index >= 15 is 0 Å². The lowest BCUT2D eigenvalue weighted by Crippen LogP contribution is -2.63. The Bertz CT molecular complexity index is 693. The Morgan fingerprint density at radius 1 is 1.07 bits per heavy atom. The highest BCUT2D eigenvalue weighted by Crippen LogP contribution is 2.52. The van der Waals surface area contributed by atoms with Gasteiger partial charge in [0, 0.05) is 0 Å². The summed E-state index contributed by atoms with van der Waals surface area (Å²) < 4.78 is 20.5. The number of fused-ring (bicyclic) bond motifs is 1. The van der Waals surface area contributed by atoms with Crippen LogP contribution in [0.2, 0.25) is 0 Å². The Kier molecular flexibility index (Phi) is 6.16. The van der Waals surface area contributed by atoms with Crippen molar-refractivity contribution in [1.29, 1.82) is 0 Å². The van der Waals surface area contributed by atoms with E-state index in [0.29, 0.717) is 6.26 Å². The summed E-state index contributed by atoms with van der Waals surface area (Å²) in [5.41, 5.74) is -5.43. The Labute approximate surface area is 170 Å². The number of aliphatic hydroxyl groups excluding tert-OH is 6. The third-order valence-corrected chi connectivity index (χ3v) is 6.00. The summed E-state index contributed by atoms with van der Waals surface area (Å²) in [5, 5.41) is 81.9. The minimum atomic E-state index is -2.58. The molecule has 0 aromatic carbocycles. The average molecular weight is 438 g/mol. The molecule has 13 nitrogen and oxygen atoms in total. The zero-order valence-corrected chi connectivity index (χ0v) is 16.1. The number of aliphatic hydroxyl groups is 8. The summed E-state index contributed by atoms with van der Waals surface area (Å²) in [6, 6.07) is 0. The molecule has 0 amide bonds. The minimum absolute atomic E-state index is 0.590. The lowest BCUT2D eigenvalue weighted by Gasteiger charge is -2.46. The van der Waals surface area contributed by atoms with Crippen molar-refractivity contribution in [2.45, 2.75) is 67.3 Å². The van der Waals surface area contributed by atoms with Crippen LogP contribution >= 0.6 is 0 Å². The normalized spacial score (nSPS) is 51.0. The number of ether oxygens (including phenoxy) is 4. The summed E-state index contributed by atoms with van der Waals surface area (Å²) in [6.07, 6.45) is -13.3. The van der Waals surface area contributed by atoms with E-state index in [9.17, 15) is 45.6 Å². The van der Waals surface area contributed by atoms with Gasteiger partial charge in [0.1, 0.15) is 59.7 Å². The van der Waals surface area contributed by atoms with Crippen molar-refractivity contribution in [3.8, 4) is 0 Å². The fourth-order valence-corrected chi connectivity index (χ4v) is 4.24. The first-order valence-corrected chi connectivity index (χ1v) is 9.14. The molecule has 1 saturated heterocycles. The predicted molar refractivity (Wildman–Crippen MR) is 90.9 cm³/mol. The molecule has 1 aliphatic carbocycles. The van der Waals surface area contributed by atoms with Crippen molar-refractivity contribution in [3.05, 3.63) is 11.8 Å². The first-order valence-electron chi connectivity index (χ1n) is 9.14. The molecule has 11 atom stereocenters. The van der Waals surface area contributed by atoms with Crippen LogP contribution in [0.3, 0.4) is 0 Å². The maximum Gasteiger partial charge on any atom is 0.339 e. The Morgan fingerprint density at radius 2 is 1.70 bits per heavy atom. The molecule has 0 bridgehead atoms. The van der Waals surface area contributed by atoms with Gasteiger partial charge >= 0.3 is 5.97 Å². The second kappa shape index (κ2) is 7.94. The van der Waals surface area contributed by atoms with Crippen molar-refractivity contribution < 1.29 is 64.6 Å². The number of methoxy groups -OCH3 is 1. The molecule has 13 heteroatoms. The van der Waals surface area contributed by atoms with Crippen molar-refractivity contribution in [2.24, 2.45) is 5.92 Å². The van der Waals surface area contributed by atoms with Gasteiger partial charge in [0.2, 0.25) is 6.29 Å². The summed E-state index contributed by atoms with van der Waals surface area (Å²) in [4.78, 5) is 12.1. The van der Waals surface area contributed by atoms with Crippen LogP contribution in [0.25, 0.3) is 0 Å².